The van der Waals surface area contributed by atoms with Crippen LogP contribution in [-0.2, 0) is 9.59 Å². The number of carboxylic acids is 2. The largest absolute Gasteiger partial charge is 0.544 e. The topological polar surface area (TPSA) is 112 Å². The summed E-state index contributed by atoms with van der Waals surface area (Å²) < 4.78 is 0.419. The molecule has 0 aromatic carbocycles. The second-order valence-corrected chi connectivity index (χ2v) is 3.34. The van der Waals surface area contributed by atoms with E-state index in [2.05, 4.69) is 0 Å². The van der Waals surface area contributed by atoms with Crippen LogP contribution in [0.5, 0.6) is 0 Å². The first kappa shape index (κ1) is 17.8. The van der Waals surface area contributed by atoms with Gasteiger partial charge in [-0.05, 0) is 0 Å². The first-order chi connectivity index (χ1) is 5.15. The average molecular weight is 194 g/mol. The first-order valence-electron chi connectivity index (χ1n) is 3.35. The van der Waals surface area contributed by atoms with Crippen LogP contribution in [0.4, 0.5) is 0 Å². The van der Waals surface area contributed by atoms with Gasteiger partial charge in [-0.1, -0.05) is 0 Å². The quantitative estimate of drug-likeness (QED) is 0.530. The smallest absolute Gasteiger partial charge is 0.300 e. The third-order valence-corrected chi connectivity index (χ3v) is 0.603. The highest BCUT2D eigenvalue weighted by Gasteiger charge is 2.04. The molecule has 0 bridgehead atoms. The zero-order valence-electron chi connectivity index (χ0n) is 8.53. The van der Waals surface area contributed by atoms with Gasteiger partial charge >= 0.3 is 0 Å². The van der Waals surface area contributed by atoms with Gasteiger partial charge in [0, 0.05) is 6.92 Å². The van der Waals surface area contributed by atoms with Crippen molar-refractivity contribution in [2.75, 3.05) is 27.7 Å². The van der Waals surface area contributed by atoms with E-state index in [1.165, 1.54) is 0 Å². The molecule has 0 rings (SSSR count). The van der Waals surface area contributed by atoms with Gasteiger partial charge in [-0.25, -0.2) is 0 Å². The molecule has 0 amide bonds. The summed E-state index contributed by atoms with van der Waals surface area (Å²) in [6.45, 7) is 1.15. The third kappa shape index (κ3) is 57.2. The summed E-state index contributed by atoms with van der Waals surface area (Å²) >= 11 is 0. The Hall–Kier alpha value is -1.14. The van der Waals surface area contributed by atoms with Gasteiger partial charge in [0.15, 0.2) is 0 Å². The van der Waals surface area contributed by atoms with Crippen LogP contribution < -0.4 is 11.3 Å². The fourth-order valence-electron chi connectivity index (χ4n) is 0.387. The number of carbonyl (C=O) groups is 2. The van der Waals surface area contributed by atoms with E-state index in [4.69, 9.17) is 9.90 Å². The number of aliphatic carboxylic acids is 2. The summed E-state index contributed by atoms with van der Waals surface area (Å²) in [5.41, 5.74) is 0. The Balaban J connectivity index is -0.000000173. The highest BCUT2D eigenvalue weighted by atomic mass is 16.4. The summed E-state index contributed by atoms with van der Waals surface area (Å²) in [6.07, 6.45) is 0. The zero-order valence-corrected chi connectivity index (χ0v) is 8.53. The fraction of sp³-hybridized carbons (Fsp3) is 0.714. The average Bonchev–Trinajstić information content (AvgIpc) is 1.52. The Bertz CT molecular complexity index is 158. The minimum atomic E-state index is -1.00. The molecule has 80 valence electrons. The van der Waals surface area contributed by atoms with Crippen LogP contribution in [0.1, 0.15) is 6.92 Å². The van der Waals surface area contributed by atoms with Gasteiger partial charge in [0.1, 0.15) is 6.54 Å². The molecule has 0 aliphatic rings. The highest BCUT2D eigenvalue weighted by Crippen LogP contribution is 1.84. The maximum Gasteiger partial charge on any atom is 0.300 e. The van der Waals surface area contributed by atoms with Gasteiger partial charge in [-0.3, -0.25) is 4.79 Å². The molecule has 0 saturated heterocycles. The molecule has 4 N–H and O–H groups in total. The van der Waals surface area contributed by atoms with E-state index in [9.17, 15) is 9.90 Å². The molecule has 13 heavy (non-hydrogen) atoms. The Kier molecular flexibility index (Phi) is 10.3. The van der Waals surface area contributed by atoms with Gasteiger partial charge < -0.3 is 25.6 Å². The molecule has 0 heterocycles. The standard InChI is InChI=1S/C5H11NO2.C2H4O2.H3N/c1-6(2,3)4-5(7)8;1-2(3)4;/h4H2,1-3H3;1H3,(H,3,4);1H3. The fourth-order valence-corrected chi connectivity index (χ4v) is 0.387. The predicted octanol–water partition coefficient (Wildman–Crippen LogP) is -1.30. The normalized spacial score (nSPS) is 8.92. The first-order valence-corrected chi connectivity index (χ1v) is 3.35. The second kappa shape index (κ2) is 7.51. The molecule has 6 heteroatoms. The van der Waals surface area contributed by atoms with E-state index in [0.29, 0.717) is 4.48 Å². The van der Waals surface area contributed by atoms with Crippen molar-refractivity contribution in [2.24, 2.45) is 0 Å². The van der Waals surface area contributed by atoms with Crippen molar-refractivity contribution >= 4 is 11.9 Å². The SMILES string of the molecule is CC(=O)O.C[N+](C)(C)CC(=O)[O-].N. The minimum absolute atomic E-state index is 0. The van der Waals surface area contributed by atoms with Gasteiger partial charge in [0.2, 0.25) is 0 Å². The van der Waals surface area contributed by atoms with E-state index < -0.39 is 11.9 Å². The van der Waals surface area contributed by atoms with Crippen LogP contribution in [-0.4, -0.2) is 49.2 Å². The Morgan fingerprint density at radius 2 is 1.54 bits per heavy atom. The number of quaternary nitrogens is 1. The van der Waals surface area contributed by atoms with Crippen molar-refractivity contribution in [2.45, 2.75) is 6.92 Å². The molecule has 0 aromatic heterocycles. The van der Waals surface area contributed by atoms with Gasteiger partial charge in [0.25, 0.3) is 5.97 Å². The lowest BCUT2D eigenvalue weighted by molar-refractivity contribution is -0.864. The number of hydrogen-bond acceptors (Lipinski definition) is 4. The van der Waals surface area contributed by atoms with Crippen LogP contribution in [0.15, 0.2) is 0 Å². The summed E-state index contributed by atoms with van der Waals surface area (Å²) in [5.74, 6) is -1.84. The van der Waals surface area contributed by atoms with Gasteiger partial charge in [-0.15, -0.1) is 0 Å². The predicted molar refractivity (Wildman–Crippen MR) is 46.2 cm³/mol. The maximum atomic E-state index is 9.89. The number of carboxylic acid groups (broad SMARTS) is 2. The Morgan fingerprint density at radius 1 is 1.31 bits per heavy atom. The van der Waals surface area contributed by atoms with Crippen molar-refractivity contribution in [1.82, 2.24) is 6.15 Å². The van der Waals surface area contributed by atoms with Crippen molar-refractivity contribution in [3.05, 3.63) is 0 Å². The molecule has 0 aliphatic heterocycles. The van der Waals surface area contributed by atoms with Crippen LogP contribution in [0.2, 0.25) is 0 Å². The molecule has 6 nitrogen and oxygen atoms in total. The van der Waals surface area contributed by atoms with Crippen LogP contribution in [0.25, 0.3) is 0 Å². The van der Waals surface area contributed by atoms with Crippen molar-refractivity contribution in [3.8, 4) is 0 Å². The molecular weight excluding hydrogens is 176 g/mol. The molecule has 0 atom stereocenters. The lowest BCUT2D eigenvalue weighted by Crippen LogP contribution is -2.45. The molecule has 0 radical (unpaired) electrons. The van der Waals surface area contributed by atoms with E-state index in [1.807, 2.05) is 0 Å². The van der Waals surface area contributed by atoms with Crippen LogP contribution >= 0.6 is 0 Å². The monoisotopic (exact) mass is 194 g/mol. The van der Waals surface area contributed by atoms with E-state index in [0.717, 1.165) is 6.92 Å². The molecule has 0 spiro atoms. The molecule has 0 aliphatic carbocycles. The number of rotatable bonds is 2. The number of hydrogen-bond donors (Lipinski definition) is 2. The Morgan fingerprint density at radius 3 is 1.54 bits per heavy atom. The zero-order chi connectivity index (χ0) is 10.4. The Labute approximate surface area is 78.0 Å². The van der Waals surface area contributed by atoms with E-state index >= 15 is 0 Å². The van der Waals surface area contributed by atoms with Crippen molar-refractivity contribution < 1.29 is 24.3 Å². The van der Waals surface area contributed by atoms with Crippen LogP contribution in [0, 0.1) is 0 Å². The summed E-state index contributed by atoms with van der Waals surface area (Å²) in [7, 11) is 5.40. The molecular formula is C7H18N2O4. The lowest BCUT2D eigenvalue weighted by atomic mass is 10.5. The van der Waals surface area contributed by atoms with Gasteiger partial charge in [0.05, 0.1) is 27.1 Å². The van der Waals surface area contributed by atoms with Crippen molar-refractivity contribution in [1.29, 1.82) is 0 Å². The van der Waals surface area contributed by atoms with Crippen LogP contribution in [0.3, 0.4) is 0 Å². The number of nitrogens with zero attached hydrogens (tertiary/aromatic N) is 1. The third-order valence-electron chi connectivity index (χ3n) is 0.603. The summed E-state index contributed by atoms with van der Waals surface area (Å²) in [6, 6.07) is 0. The molecule has 0 aromatic rings. The molecule has 0 saturated carbocycles. The van der Waals surface area contributed by atoms with Crippen molar-refractivity contribution in [3.63, 3.8) is 0 Å². The number of carbonyl (C=O) groups excluding carboxylic acids is 1. The van der Waals surface area contributed by atoms with E-state index in [-0.39, 0.29) is 12.7 Å². The summed E-state index contributed by atoms with van der Waals surface area (Å²) in [5, 5.41) is 17.3. The summed E-state index contributed by atoms with van der Waals surface area (Å²) in [4.78, 5) is 18.9. The van der Waals surface area contributed by atoms with Gasteiger partial charge in [-0.2, -0.15) is 0 Å². The second-order valence-electron chi connectivity index (χ2n) is 3.34. The number of likely N-dealkylation sites (N-methyl/N-ethyl adjacent to an activating group) is 1. The highest BCUT2D eigenvalue weighted by molar-refractivity contribution is 5.65. The lowest BCUT2D eigenvalue weighted by Gasteiger charge is -2.23. The molecule has 0 fully saturated rings. The molecule has 0 unspecified atom stereocenters. The van der Waals surface area contributed by atoms with E-state index in [1.54, 1.807) is 21.1 Å². The maximum absolute atomic E-state index is 9.89. The minimum Gasteiger partial charge on any atom is -0.544 e.